The number of ketones is 2. The Bertz CT molecular complexity index is 902. The molecule has 28 heavy (non-hydrogen) atoms. The summed E-state index contributed by atoms with van der Waals surface area (Å²) in [6, 6.07) is 7.61. The molecule has 7 heteroatoms. The van der Waals surface area contributed by atoms with Gasteiger partial charge in [0.05, 0.1) is 16.8 Å². The molecule has 7 nitrogen and oxygen atoms in total. The van der Waals surface area contributed by atoms with Crippen LogP contribution in [0.25, 0.3) is 0 Å². The summed E-state index contributed by atoms with van der Waals surface area (Å²) in [5, 5.41) is 24.0. The normalized spacial score (nSPS) is 12.8. The molecule has 3 N–H and O–H groups in total. The topological polar surface area (TPSA) is 105 Å². The third kappa shape index (κ3) is 3.58. The first-order chi connectivity index (χ1) is 13.5. The Labute approximate surface area is 162 Å². The van der Waals surface area contributed by atoms with E-state index in [4.69, 9.17) is 9.47 Å². The van der Waals surface area contributed by atoms with Crippen molar-refractivity contribution in [3.8, 4) is 11.5 Å². The molecule has 0 spiro atoms. The van der Waals surface area contributed by atoms with Gasteiger partial charge in [-0.05, 0) is 13.8 Å². The molecular weight excluding hydrogens is 362 g/mol. The maximum atomic E-state index is 12.8. The number of phenolic OH excluding ortho intramolecular Hbond substituents is 2. The standard InChI is InChI=1S/C21H23NO6/c1-3-27-16(28-4-2)9-10-22-14-11-15(23)17-18(21(14)26)20(25)13-8-6-5-7-12(13)19(17)24/h5-8,11,16,22-23,26H,3-4,9-10H2,1-2H3. The molecule has 0 bridgehead atoms. The summed E-state index contributed by atoms with van der Waals surface area (Å²) < 4.78 is 10.9. The summed E-state index contributed by atoms with van der Waals surface area (Å²) in [7, 11) is 0. The zero-order valence-corrected chi connectivity index (χ0v) is 15.8. The molecule has 0 aromatic heterocycles. The van der Waals surface area contributed by atoms with E-state index in [0.717, 1.165) is 0 Å². The SMILES string of the molecule is CCOC(CCNc1cc(O)c2c(c1O)C(=O)c1ccccc1C2=O)OCC. The Hall–Kier alpha value is -2.90. The van der Waals surface area contributed by atoms with Crippen LogP contribution in [0.2, 0.25) is 0 Å². The summed E-state index contributed by atoms with van der Waals surface area (Å²) in [6.45, 7) is 5.12. The summed E-state index contributed by atoms with van der Waals surface area (Å²) in [5.74, 6) is -1.69. The van der Waals surface area contributed by atoms with Gasteiger partial charge in [-0.3, -0.25) is 9.59 Å². The Kier molecular flexibility index (Phi) is 5.96. The molecule has 2 aromatic rings. The molecule has 0 saturated carbocycles. The van der Waals surface area contributed by atoms with Crippen molar-refractivity contribution in [1.29, 1.82) is 0 Å². The second-order valence-electron chi connectivity index (χ2n) is 6.30. The zero-order chi connectivity index (χ0) is 20.3. The number of hydrogen-bond acceptors (Lipinski definition) is 7. The van der Waals surface area contributed by atoms with Crippen molar-refractivity contribution in [1.82, 2.24) is 0 Å². The number of aromatic hydroxyl groups is 2. The number of fused-ring (bicyclic) bond motifs is 2. The molecule has 148 valence electrons. The van der Waals surface area contributed by atoms with Crippen molar-refractivity contribution in [3.63, 3.8) is 0 Å². The summed E-state index contributed by atoms with van der Waals surface area (Å²) >= 11 is 0. The van der Waals surface area contributed by atoms with Gasteiger partial charge in [-0.2, -0.15) is 0 Å². The number of rotatable bonds is 8. The van der Waals surface area contributed by atoms with Gasteiger partial charge in [-0.15, -0.1) is 0 Å². The number of nitrogens with one attached hydrogen (secondary N) is 1. The van der Waals surface area contributed by atoms with Crippen LogP contribution in [0.15, 0.2) is 30.3 Å². The first-order valence-electron chi connectivity index (χ1n) is 9.23. The lowest BCUT2D eigenvalue weighted by Crippen LogP contribution is -2.23. The van der Waals surface area contributed by atoms with Gasteiger partial charge in [0.25, 0.3) is 0 Å². The highest BCUT2D eigenvalue weighted by Crippen LogP contribution is 2.42. The highest BCUT2D eigenvalue weighted by atomic mass is 16.7. The first kappa shape index (κ1) is 19.9. The van der Waals surface area contributed by atoms with Crippen LogP contribution in [0.4, 0.5) is 5.69 Å². The van der Waals surface area contributed by atoms with Crippen molar-refractivity contribution < 1.29 is 29.3 Å². The number of phenols is 2. The number of carbonyl (C=O) groups excluding carboxylic acids is 2. The van der Waals surface area contributed by atoms with E-state index in [0.29, 0.717) is 26.2 Å². The number of anilines is 1. The predicted octanol–water partition coefficient (Wildman–Crippen LogP) is 3.07. The molecule has 1 aliphatic rings. The average molecular weight is 385 g/mol. The van der Waals surface area contributed by atoms with Crippen LogP contribution in [0.3, 0.4) is 0 Å². The summed E-state index contributed by atoms with van der Waals surface area (Å²) in [4.78, 5) is 25.5. The minimum Gasteiger partial charge on any atom is -0.507 e. The lowest BCUT2D eigenvalue weighted by Gasteiger charge is -2.22. The maximum Gasteiger partial charge on any atom is 0.198 e. The van der Waals surface area contributed by atoms with Crippen molar-refractivity contribution >= 4 is 17.3 Å². The molecule has 0 atom stereocenters. The summed E-state index contributed by atoms with van der Waals surface area (Å²) in [6.07, 6.45) is 0.0975. The third-order valence-electron chi connectivity index (χ3n) is 4.55. The minimum atomic E-state index is -0.497. The summed E-state index contributed by atoms with van der Waals surface area (Å²) in [5.41, 5.74) is 0.237. The quantitative estimate of drug-likeness (QED) is 0.311. The van der Waals surface area contributed by atoms with Gasteiger partial charge in [0.15, 0.2) is 23.6 Å². The fraction of sp³-hybridized carbons (Fsp3) is 0.333. The molecule has 0 saturated heterocycles. The number of hydrogen-bond donors (Lipinski definition) is 3. The Morgan fingerprint density at radius 1 is 0.964 bits per heavy atom. The second-order valence-corrected chi connectivity index (χ2v) is 6.30. The number of benzene rings is 2. The molecule has 3 rings (SSSR count). The molecule has 1 aliphatic carbocycles. The molecule has 0 amide bonds. The van der Waals surface area contributed by atoms with Crippen LogP contribution in [0.5, 0.6) is 11.5 Å². The lowest BCUT2D eigenvalue weighted by atomic mass is 9.82. The largest absolute Gasteiger partial charge is 0.507 e. The molecule has 0 heterocycles. The van der Waals surface area contributed by atoms with Crippen LogP contribution in [-0.2, 0) is 9.47 Å². The van der Waals surface area contributed by atoms with Gasteiger partial charge in [-0.1, -0.05) is 24.3 Å². The highest BCUT2D eigenvalue weighted by molar-refractivity contribution is 6.30. The van der Waals surface area contributed by atoms with Gasteiger partial charge < -0.3 is 25.0 Å². The predicted molar refractivity (Wildman–Crippen MR) is 103 cm³/mol. The van der Waals surface area contributed by atoms with E-state index >= 15 is 0 Å². The van der Waals surface area contributed by atoms with E-state index in [9.17, 15) is 19.8 Å². The second kappa shape index (κ2) is 8.41. The molecular formula is C21H23NO6. The molecule has 0 aliphatic heterocycles. The monoisotopic (exact) mass is 385 g/mol. The van der Waals surface area contributed by atoms with Gasteiger partial charge in [0.2, 0.25) is 0 Å². The molecule has 0 fully saturated rings. The fourth-order valence-corrected chi connectivity index (χ4v) is 3.30. The van der Waals surface area contributed by atoms with Crippen LogP contribution in [0.1, 0.15) is 52.1 Å². The van der Waals surface area contributed by atoms with Crippen LogP contribution < -0.4 is 5.32 Å². The number of ether oxygens (including phenoxy) is 2. The van der Waals surface area contributed by atoms with Gasteiger partial charge in [0.1, 0.15) is 5.75 Å². The smallest absolute Gasteiger partial charge is 0.198 e. The molecule has 0 unspecified atom stereocenters. The van der Waals surface area contributed by atoms with Crippen LogP contribution >= 0.6 is 0 Å². The minimum absolute atomic E-state index is 0.170. The van der Waals surface area contributed by atoms with E-state index in [1.54, 1.807) is 12.1 Å². The van der Waals surface area contributed by atoms with Crippen LogP contribution in [0, 0.1) is 0 Å². The van der Waals surface area contributed by atoms with Crippen molar-refractivity contribution in [2.45, 2.75) is 26.6 Å². The Morgan fingerprint density at radius 2 is 1.54 bits per heavy atom. The van der Waals surface area contributed by atoms with Crippen molar-refractivity contribution in [2.75, 3.05) is 25.1 Å². The van der Waals surface area contributed by atoms with Gasteiger partial charge >= 0.3 is 0 Å². The van der Waals surface area contributed by atoms with E-state index in [1.165, 1.54) is 18.2 Å². The lowest BCUT2D eigenvalue weighted by molar-refractivity contribution is -0.137. The molecule has 0 radical (unpaired) electrons. The van der Waals surface area contributed by atoms with E-state index in [-0.39, 0.29) is 39.4 Å². The highest BCUT2D eigenvalue weighted by Gasteiger charge is 2.35. The Balaban J connectivity index is 1.88. The van der Waals surface area contributed by atoms with Gasteiger partial charge in [0, 0.05) is 43.4 Å². The number of carbonyl (C=O) groups is 2. The zero-order valence-electron chi connectivity index (χ0n) is 15.8. The van der Waals surface area contributed by atoms with Crippen molar-refractivity contribution in [3.05, 3.63) is 52.6 Å². The van der Waals surface area contributed by atoms with E-state index in [2.05, 4.69) is 5.32 Å². The van der Waals surface area contributed by atoms with Crippen LogP contribution in [-0.4, -0.2) is 47.8 Å². The Morgan fingerprint density at radius 3 is 2.11 bits per heavy atom. The average Bonchev–Trinajstić information content (AvgIpc) is 2.68. The fourth-order valence-electron chi connectivity index (χ4n) is 3.30. The maximum absolute atomic E-state index is 12.8. The van der Waals surface area contributed by atoms with Crippen molar-refractivity contribution in [2.24, 2.45) is 0 Å². The van der Waals surface area contributed by atoms with E-state index in [1.807, 2.05) is 13.8 Å². The first-order valence-corrected chi connectivity index (χ1v) is 9.23. The van der Waals surface area contributed by atoms with Gasteiger partial charge in [-0.25, -0.2) is 0 Å². The molecule has 2 aromatic carbocycles. The van der Waals surface area contributed by atoms with E-state index < -0.39 is 17.9 Å². The third-order valence-corrected chi connectivity index (χ3v) is 4.55.